The Balaban J connectivity index is 1.56. The molecule has 1 aromatic heterocycles. The number of hydrogen-bond acceptors (Lipinski definition) is 7. The fourth-order valence-electron chi connectivity index (χ4n) is 3.29. The van der Waals surface area contributed by atoms with Crippen LogP contribution in [0.5, 0.6) is 11.5 Å². The Morgan fingerprint density at radius 2 is 1.97 bits per heavy atom. The number of ether oxygens (including phenoxy) is 3. The first-order chi connectivity index (χ1) is 14.2. The van der Waals surface area contributed by atoms with Gasteiger partial charge in [-0.2, -0.15) is 0 Å². The van der Waals surface area contributed by atoms with Crippen LogP contribution in [0, 0.1) is 6.92 Å². The number of fused-ring (bicyclic) bond motifs is 1. The Morgan fingerprint density at radius 3 is 2.76 bits per heavy atom. The summed E-state index contributed by atoms with van der Waals surface area (Å²) in [5, 5.41) is 1.86. The number of morpholine rings is 1. The normalized spacial score (nSPS) is 14.8. The van der Waals surface area contributed by atoms with Crippen LogP contribution in [-0.4, -0.2) is 61.4 Å². The van der Waals surface area contributed by atoms with E-state index in [1.807, 2.05) is 12.1 Å². The van der Waals surface area contributed by atoms with Gasteiger partial charge < -0.3 is 14.2 Å². The zero-order valence-electron chi connectivity index (χ0n) is 16.8. The Labute approximate surface area is 175 Å². The molecule has 152 valence electrons. The van der Waals surface area contributed by atoms with Crippen LogP contribution in [0.1, 0.15) is 5.56 Å². The monoisotopic (exact) mass is 411 g/mol. The van der Waals surface area contributed by atoms with Crippen molar-refractivity contribution in [1.82, 2.24) is 14.9 Å². The van der Waals surface area contributed by atoms with Crippen molar-refractivity contribution in [3.63, 3.8) is 0 Å². The average molecular weight is 412 g/mol. The lowest BCUT2D eigenvalue weighted by atomic mass is 10.2. The first-order valence-corrected chi connectivity index (χ1v) is 10.5. The van der Waals surface area contributed by atoms with Crippen molar-refractivity contribution in [2.24, 2.45) is 0 Å². The lowest BCUT2D eigenvalue weighted by Gasteiger charge is -2.26. The molecule has 1 aliphatic heterocycles. The second kappa shape index (κ2) is 9.43. The number of nitrogens with zero attached hydrogens (tertiary/aromatic N) is 3. The van der Waals surface area contributed by atoms with Gasteiger partial charge in [0, 0.05) is 36.0 Å². The minimum atomic E-state index is 0.593. The van der Waals surface area contributed by atoms with Gasteiger partial charge in [0.2, 0.25) is 0 Å². The van der Waals surface area contributed by atoms with Crippen molar-refractivity contribution in [3.05, 3.63) is 48.3 Å². The van der Waals surface area contributed by atoms with Crippen LogP contribution in [-0.2, 0) is 4.74 Å². The Bertz CT molecular complexity index is 977. The van der Waals surface area contributed by atoms with Crippen molar-refractivity contribution in [2.75, 3.05) is 46.6 Å². The average Bonchev–Trinajstić information content (AvgIpc) is 2.74. The smallest absolute Gasteiger partial charge is 0.162 e. The van der Waals surface area contributed by atoms with E-state index in [1.165, 1.54) is 5.56 Å². The van der Waals surface area contributed by atoms with Gasteiger partial charge in [-0.3, -0.25) is 4.90 Å². The molecule has 0 aliphatic carbocycles. The summed E-state index contributed by atoms with van der Waals surface area (Å²) in [6.45, 7) is 7.02. The van der Waals surface area contributed by atoms with Crippen LogP contribution in [0.4, 0.5) is 0 Å². The fraction of sp³-hybridized carbons (Fsp3) is 0.364. The third-order valence-corrected chi connectivity index (χ3v) is 5.87. The fourth-order valence-corrected chi connectivity index (χ4v) is 4.28. The van der Waals surface area contributed by atoms with Gasteiger partial charge in [-0.05, 0) is 25.1 Å². The van der Waals surface area contributed by atoms with Crippen molar-refractivity contribution in [2.45, 2.75) is 16.8 Å². The summed E-state index contributed by atoms with van der Waals surface area (Å²) >= 11 is 1.63. The molecular weight excluding hydrogens is 386 g/mol. The van der Waals surface area contributed by atoms with Crippen LogP contribution in [0.15, 0.2) is 52.6 Å². The first-order valence-electron chi connectivity index (χ1n) is 9.73. The Hall–Kier alpha value is -2.35. The van der Waals surface area contributed by atoms with Gasteiger partial charge in [0.1, 0.15) is 18.0 Å². The molecule has 3 aromatic rings. The van der Waals surface area contributed by atoms with E-state index in [1.54, 1.807) is 25.2 Å². The SMILES string of the molecule is COc1cc2ncnc(Sc3cccc(C)c3)c2cc1OCCN1CCOCC1. The molecule has 7 heteroatoms. The van der Waals surface area contributed by atoms with E-state index in [0.29, 0.717) is 18.1 Å². The minimum Gasteiger partial charge on any atom is -0.493 e. The maximum Gasteiger partial charge on any atom is 0.162 e. The highest BCUT2D eigenvalue weighted by Crippen LogP contribution is 2.37. The minimum absolute atomic E-state index is 0.593. The summed E-state index contributed by atoms with van der Waals surface area (Å²) in [7, 11) is 1.65. The van der Waals surface area contributed by atoms with Crippen molar-refractivity contribution in [3.8, 4) is 11.5 Å². The second-order valence-electron chi connectivity index (χ2n) is 6.92. The third-order valence-electron chi connectivity index (χ3n) is 4.86. The quantitative estimate of drug-likeness (QED) is 0.548. The van der Waals surface area contributed by atoms with Gasteiger partial charge >= 0.3 is 0 Å². The molecule has 2 heterocycles. The number of methoxy groups -OCH3 is 1. The van der Waals surface area contributed by atoms with Gasteiger partial charge in [0.15, 0.2) is 11.5 Å². The first kappa shape index (κ1) is 19.9. The third kappa shape index (κ3) is 4.98. The summed E-state index contributed by atoms with van der Waals surface area (Å²) in [5.41, 5.74) is 2.06. The predicted molar refractivity (Wildman–Crippen MR) is 114 cm³/mol. The van der Waals surface area contributed by atoms with Crippen molar-refractivity contribution >= 4 is 22.7 Å². The molecule has 4 rings (SSSR count). The lowest BCUT2D eigenvalue weighted by molar-refractivity contribution is 0.0321. The molecule has 0 radical (unpaired) electrons. The number of hydrogen-bond donors (Lipinski definition) is 0. The van der Waals surface area contributed by atoms with Crippen LogP contribution in [0.25, 0.3) is 10.9 Å². The largest absolute Gasteiger partial charge is 0.493 e. The zero-order valence-corrected chi connectivity index (χ0v) is 17.6. The van der Waals surface area contributed by atoms with Crippen molar-refractivity contribution in [1.29, 1.82) is 0 Å². The van der Waals surface area contributed by atoms with E-state index in [2.05, 4.69) is 46.1 Å². The molecule has 29 heavy (non-hydrogen) atoms. The Kier molecular flexibility index (Phi) is 6.49. The summed E-state index contributed by atoms with van der Waals surface area (Å²) in [4.78, 5) is 12.4. The van der Waals surface area contributed by atoms with Gasteiger partial charge in [-0.25, -0.2) is 9.97 Å². The molecule has 0 atom stereocenters. The van der Waals surface area contributed by atoms with Crippen LogP contribution < -0.4 is 9.47 Å². The lowest BCUT2D eigenvalue weighted by Crippen LogP contribution is -2.38. The molecule has 0 saturated carbocycles. The van der Waals surface area contributed by atoms with Gasteiger partial charge in [0.25, 0.3) is 0 Å². The number of aryl methyl sites for hydroxylation is 1. The van der Waals surface area contributed by atoms with E-state index in [-0.39, 0.29) is 0 Å². The molecule has 0 unspecified atom stereocenters. The van der Waals surface area contributed by atoms with Crippen LogP contribution in [0.2, 0.25) is 0 Å². The number of aromatic nitrogens is 2. The second-order valence-corrected chi connectivity index (χ2v) is 7.98. The van der Waals surface area contributed by atoms with E-state index in [9.17, 15) is 0 Å². The molecule has 6 nitrogen and oxygen atoms in total. The summed E-state index contributed by atoms with van der Waals surface area (Å²) in [6, 6.07) is 12.3. The maximum atomic E-state index is 6.09. The van der Waals surface area contributed by atoms with Gasteiger partial charge in [-0.1, -0.05) is 29.5 Å². The van der Waals surface area contributed by atoms with Crippen LogP contribution in [0.3, 0.4) is 0 Å². The summed E-state index contributed by atoms with van der Waals surface area (Å²) in [6.07, 6.45) is 1.60. The van der Waals surface area contributed by atoms with Gasteiger partial charge in [0.05, 0.1) is 25.8 Å². The highest BCUT2D eigenvalue weighted by molar-refractivity contribution is 7.99. The maximum absolute atomic E-state index is 6.09. The molecule has 0 spiro atoms. The highest BCUT2D eigenvalue weighted by Gasteiger charge is 2.14. The predicted octanol–water partition coefficient (Wildman–Crippen LogP) is 3.81. The summed E-state index contributed by atoms with van der Waals surface area (Å²) in [5.74, 6) is 1.40. The molecule has 0 amide bonds. The molecule has 1 saturated heterocycles. The standard InChI is InChI=1S/C22H25N3O3S/c1-16-4-3-5-17(12-16)29-22-18-13-21(20(26-2)14-19(18)23-15-24-22)28-11-8-25-6-9-27-10-7-25/h3-5,12-15H,6-11H2,1-2H3. The van der Waals surface area contributed by atoms with Crippen LogP contribution >= 0.6 is 11.8 Å². The molecule has 0 N–H and O–H groups in total. The van der Waals surface area contributed by atoms with E-state index in [0.717, 1.165) is 53.7 Å². The van der Waals surface area contributed by atoms with Gasteiger partial charge in [-0.15, -0.1) is 0 Å². The molecule has 1 fully saturated rings. The molecular formula is C22H25N3O3S. The highest BCUT2D eigenvalue weighted by atomic mass is 32.2. The molecule has 0 bridgehead atoms. The molecule has 2 aromatic carbocycles. The Morgan fingerprint density at radius 1 is 1.10 bits per heavy atom. The number of benzene rings is 2. The van der Waals surface area contributed by atoms with E-state index in [4.69, 9.17) is 14.2 Å². The molecule has 1 aliphatic rings. The zero-order chi connectivity index (χ0) is 20.1. The number of rotatable bonds is 7. The topological polar surface area (TPSA) is 56.7 Å². The van der Waals surface area contributed by atoms with Crippen molar-refractivity contribution < 1.29 is 14.2 Å². The van der Waals surface area contributed by atoms with E-state index < -0.39 is 0 Å². The van der Waals surface area contributed by atoms with E-state index >= 15 is 0 Å². The summed E-state index contributed by atoms with van der Waals surface area (Å²) < 4.78 is 17.0.